The number of carboxylic acids is 1. The molecular weight excluding hydrogens is 256 g/mol. The van der Waals surface area contributed by atoms with Gasteiger partial charge in [-0.05, 0) is 24.6 Å². The second-order valence-electron chi connectivity index (χ2n) is 4.52. The molecule has 0 aliphatic carbocycles. The number of para-hydroxylation sites is 2. The van der Waals surface area contributed by atoms with Crippen molar-refractivity contribution in [3.8, 4) is 5.75 Å². The summed E-state index contributed by atoms with van der Waals surface area (Å²) in [4.78, 5) is 17.2. The van der Waals surface area contributed by atoms with E-state index < -0.39 is 5.97 Å². The topological polar surface area (TPSA) is 62.7 Å². The molecule has 3 rings (SSSR count). The Hall–Kier alpha value is -2.56. The van der Waals surface area contributed by atoms with E-state index in [4.69, 9.17) is 4.74 Å². The van der Waals surface area contributed by atoms with Crippen LogP contribution in [0.1, 0.15) is 16.8 Å². The lowest BCUT2D eigenvalue weighted by molar-refractivity contribution is 0.0697. The summed E-state index contributed by atoms with van der Waals surface area (Å²) in [5, 5.41) is 9.32. The Balaban J connectivity index is 2.13. The Bertz CT molecular complexity index is 643. The van der Waals surface area contributed by atoms with Gasteiger partial charge < -0.3 is 14.7 Å². The normalized spacial score (nSPS) is 14.1. The van der Waals surface area contributed by atoms with Crippen molar-refractivity contribution in [2.75, 3.05) is 18.1 Å². The molecule has 0 spiro atoms. The monoisotopic (exact) mass is 270 g/mol. The van der Waals surface area contributed by atoms with Gasteiger partial charge in [0.2, 0.25) is 0 Å². The van der Waals surface area contributed by atoms with Crippen LogP contribution in [0.5, 0.6) is 5.75 Å². The number of pyridine rings is 1. The van der Waals surface area contributed by atoms with Crippen molar-refractivity contribution in [1.82, 2.24) is 4.98 Å². The van der Waals surface area contributed by atoms with Crippen molar-refractivity contribution < 1.29 is 14.6 Å². The number of benzene rings is 1. The fraction of sp³-hybridized carbons (Fsp3) is 0.200. The third kappa shape index (κ3) is 2.18. The zero-order chi connectivity index (χ0) is 13.9. The smallest absolute Gasteiger partial charge is 0.339 e. The highest BCUT2D eigenvalue weighted by Crippen LogP contribution is 2.36. The molecule has 0 unspecified atom stereocenters. The van der Waals surface area contributed by atoms with Crippen molar-refractivity contribution >= 4 is 17.3 Å². The molecule has 0 amide bonds. The van der Waals surface area contributed by atoms with Crippen LogP contribution in [0.25, 0.3) is 0 Å². The van der Waals surface area contributed by atoms with E-state index in [9.17, 15) is 9.90 Å². The maximum absolute atomic E-state index is 11.4. The van der Waals surface area contributed by atoms with E-state index in [0.29, 0.717) is 18.8 Å². The van der Waals surface area contributed by atoms with E-state index in [0.717, 1.165) is 17.9 Å². The predicted octanol–water partition coefficient (Wildman–Crippen LogP) is 2.70. The van der Waals surface area contributed by atoms with Crippen molar-refractivity contribution in [3.63, 3.8) is 0 Å². The van der Waals surface area contributed by atoms with Gasteiger partial charge in [0, 0.05) is 18.9 Å². The van der Waals surface area contributed by atoms with Crippen LogP contribution >= 0.6 is 0 Å². The highest BCUT2D eigenvalue weighted by Gasteiger charge is 2.21. The van der Waals surface area contributed by atoms with Crippen LogP contribution in [0.15, 0.2) is 42.7 Å². The van der Waals surface area contributed by atoms with Gasteiger partial charge in [-0.15, -0.1) is 0 Å². The lowest BCUT2D eigenvalue weighted by atomic mass is 10.1. The average Bonchev–Trinajstić information content (AvgIpc) is 2.69. The minimum Gasteiger partial charge on any atom is -0.491 e. The summed E-state index contributed by atoms with van der Waals surface area (Å²) in [6.07, 6.45) is 3.82. The second kappa shape index (κ2) is 5.21. The Morgan fingerprint density at radius 2 is 2.10 bits per heavy atom. The van der Waals surface area contributed by atoms with E-state index in [1.165, 1.54) is 6.20 Å². The minimum absolute atomic E-state index is 0.198. The largest absolute Gasteiger partial charge is 0.491 e. The molecule has 2 aromatic rings. The second-order valence-corrected chi connectivity index (χ2v) is 4.52. The van der Waals surface area contributed by atoms with Crippen molar-refractivity contribution in [2.24, 2.45) is 0 Å². The van der Waals surface area contributed by atoms with Gasteiger partial charge in [-0.1, -0.05) is 12.1 Å². The zero-order valence-corrected chi connectivity index (χ0v) is 10.8. The number of carbonyl (C=O) groups is 1. The lowest BCUT2D eigenvalue weighted by Crippen LogP contribution is -2.20. The Morgan fingerprint density at radius 3 is 2.95 bits per heavy atom. The van der Waals surface area contributed by atoms with Crippen LogP contribution in [0.4, 0.5) is 11.4 Å². The third-order valence-electron chi connectivity index (χ3n) is 3.26. The van der Waals surface area contributed by atoms with E-state index in [2.05, 4.69) is 4.98 Å². The van der Waals surface area contributed by atoms with E-state index in [1.54, 1.807) is 12.3 Å². The maximum Gasteiger partial charge on any atom is 0.339 e. The van der Waals surface area contributed by atoms with Crippen molar-refractivity contribution in [3.05, 3.63) is 48.3 Å². The van der Waals surface area contributed by atoms with Crippen molar-refractivity contribution in [2.45, 2.75) is 6.42 Å². The number of aromatic carboxylic acids is 1. The Kier molecular flexibility index (Phi) is 3.25. The molecule has 0 bridgehead atoms. The van der Waals surface area contributed by atoms with E-state index in [1.807, 2.05) is 29.2 Å². The van der Waals surface area contributed by atoms with Gasteiger partial charge in [-0.25, -0.2) is 4.79 Å². The molecule has 5 nitrogen and oxygen atoms in total. The summed E-state index contributed by atoms with van der Waals surface area (Å²) < 4.78 is 5.70. The molecule has 0 fully saturated rings. The van der Waals surface area contributed by atoms with E-state index >= 15 is 0 Å². The quantitative estimate of drug-likeness (QED) is 0.909. The predicted molar refractivity (Wildman–Crippen MR) is 74.8 cm³/mol. The molecule has 0 saturated carbocycles. The summed E-state index contributed by atoms with van der Waals surface area (Å²) in [5.74, 6) is -0.200. The molecule has 0 radical (unpaired) electrons. The number of hydrogen-bond donors (Lipinski definition) is 1. The molecular formula is C15H14N2O3. The summed E-state index contributed by atoms with van der Waals surface area (Å²) in [5.41, 5.74) is 1.73. The number of ether oxygens (including phenoxy) is 1. The van der Waals surface area contributed by atoms with Gasteiger partial charge >= 0.3 is 5.97 Å². The van der Waals surface area contributed by atoms with Crippen LogP contribution in [-0.4, -0.2) is 29.2 Å². The summed E-state index contributed by atoms with van der Waals surface area (Å²) >= 11 is 0. The number of nitrogens with zero attached hydrogens (tertiary/aromatic N) is 2. The number of carboxylic acid groups (broad SMARTS) is 1. The number of anilines is 2. The molecule has 1 N–H and O–H groups in total. The summed E-state index contributed by atoms with van der Waals surface area (Å²) in [6.45, 7) is 1.34. The van der Waals surface area contributed by atoms with Gasteiger partial charge in [0.1, 0.15) is 11.3 Å². The average molecular weight is 270 g/mol. The van der Waals surface area contributed by atoms with Crippen molar-refractivity contribution in [1.29, 1.82) is 0 Å². The number of rotatable bonds is 2. The molecule has 1 aliphatic rings. The first-order chi connectivity index (χ1) is 9.77. The highest BCUT2D eigenvalue weighted by atomic mass is 16.5. The Morgan fingerprint density at radius 1 is 1.25 bits per heavy atom. The molecule has 0 atom stereocenters. The molecule has 20 heavy (non-hydrogen) atoms. The van der Waals surface area contributed by atoms with Gasteiger partial charge in [-0.2, -0.15) is 0 Å². The summed E-state index contributed by atoms with van der Waals surface area (Å²) in [7, 11) is 0. The standard InChI is InChI=1S/C15H14N2O3/c18-15(19)11-10-16-7-6-12(11)17-8-3-9-20-14-5-2-1-4-13(14)17/h1-2,4-7,10H,3,8-9H2,(H,18,19). The van der Waals surface area contributed by atoms with Crippen LogP contribution in [0, 0.1) is 0 Å². The molecule has 1 aliphatic heterocycles. The first kappa shape index (κ1) is 12.5. The summed E-state index contributed by atoms with van der Waals surface area (Å²) in [6, 6.07) is 9.39. The fourth-order valence-electron chi connectivity index (χ4n) is 2.36. The molecule has 102 valence electrons. The zero-order valence-electron chi connectivity index (χ0n) is 10.8. The molecule has 1 aromatic heterocycles. The van der Waals surface area contributed by atoms with Gasteiger partial charge in [0.25, 0.3) is 0 Å². The highest BCUT2D eigenvalue weighted by molar-refractivity contribution is 5.95. The Labute approximate surface area is 116 Å². The van der Waals surface area contributed by atoms with E-state index in [-0.39, 0.29) is 5.56 Å². The van der Waals surface area contributed by atoms with Crippen LogP contribution < -0.4 is 9.64 Å². The number of aromatic nitrogens is 1. The molecule has 5 heteroatoms. The lowest BCUT2D eigenvalue weighted by Gasteiger charge is -2.25. The number of hydrogen-bond acceptors (Lipinski definition) is 4. The fourth-order valence-corrected chi connectivity index (χ4v) is 2.36. The molecule has 0 saturated heterocycles. The molecule has 1 aromatic carbocycles. The van der Waals surface area contributed by atoms with Crippen LogP contribution in [0.2, 0.25) is 0 Å². The van der Waals surface area contributed by atoms with Gasteiger partial charge in [0.05, 0.1) is 18.0 Å². The van der Waals surface area contributed by atoms with Gasteiger partial charge in [0.15, 0.2) is 0 Å². The number of fused-ring (bicyclic) bond motifs is 1. The molecule has 2 heterocycles. The SMILES string of the molecule is O=C(O)c1cnccc1N1CCCOc2ccccc21. The third-order valence-corrected chi connectivity index (χ3v) is 3.26. The minimum atomic E-state index is -0.976. The van der Waals surface area contributed by atoms with Crippen LogP contribution in [0.3, 0.4) is 0 Å². The van der Waals surface area contributed by atoms with Gasteiger partial charge in [-0.3, -0.25) is 4.98 Å². The maximum atomic E-state index is 11.4. The van der Waals surface area contributed by atoms with Crippen LogP contribution in [-0.2, 0) is 0 Å². The first-order valence-corrected chi connectivity index (χ1v) is 6.44. The first-order valence-electron chi connectivity index (χ1n) is 6.44.